The summed E-state index contributed by atoms with van der Waals surface area (Å²) in [7, 11) is 1.21. The summed E-state index contributed by atoms with van der Waals surface area (Å²) in [4.78, 5) is 24.2. The molecule has 2 unspecified atom stereocenters. The van der Waals surface area contributed by atoms with Gasteiger partial charge in [0.15, 0.2) is 5.78 Å². The highest BCUT2D eigenvalue weighted by Crippen LogP contribution is 2.34. The molecule has 1 N–H and O–H groups in total. The van der Waals surface area contributed by atoms with E-state index in [0.717, 1.165) is 11.0 Å². The summed E-state index contributed by atoms with van der Waals surface area (Å²) in [5, 5.41) is 9.88. The number of methoxy groups -OCH3 is 1. The van der Waals surface area contributed by atoms with Gasteiger partial charge in [0.25, 0.3) is 0 Å². The van der Waals surface area contributed by atoms with Gasteiger partial charge in [-0.2, -0.15) is 0 Å². The van der Waals surface area contributed by atoms with Crippen LogP contribution in [0.5, 0.6) is 5.75 Å². The maximum atomic E-state index is 12.1. The van der Waals surface area contributed by atoms with Gasteiger partial charge in [-0.15, -0.1) is 24.9 Å². The van der Waals surface area contributed by atoms with E-state index in [4.69, 9.17) is 0 Å². The van der Waals surface area contributed by atoms with Crippen LogP contribution in [-0.4, -0.2) is 36.1 Å². The third-order valence-electron chi connectivity index (χ3n) is 3.83. The number of rotatable bonds is 6. The molecule has 5 nitrogen and oxygen atoms in total. The number of halogens is 3. The second-order valence-corrected chi connectivity index (χ2v) is 6.83. The van der Waals surface area contributed by atoms with Crippen molar-refractivity contribution in [2.24, 2.45) is 11.8 Å². The molecule has 9 heteroatoms. The minimum Gasteiger partial charge on any atom is -0.511 e. The second kappa shape index (κ2) is 8.48. The summed E-state index contributed by atoms with van der Waals surface area (Å²) in [6.45, 7) is 0. The number of benzene rings is 1. The molecule has 1 aromatic carbocycles. The van der Waals surface area contributed by atoms with E-state index in [1.807, 2.05) is 0 Å². The molecule has 0 saturated heterocycles. The zero-order valence-corrected chi connectivity index (χ0v) is 14.6. The van der Waals surface area contributed by atoms with Gasteiger partial charge >= 0.3 is 12.3 Å². The van der Waals surface area contributed by atoms with Crippen LogP contribution in [0, 0.1) is 11.8 Å². The quantitative estimate of drug-likeness (QED) is 0.587. The average Bonchev–Trinajstić information content (AvgIpc) is 2.54. The predicted molar refractivity (Wildman–Crippen MR) is 87.8 cm³/mol. The maximum absolute atomic E-state index is 12.1. The number of thioether (sulfide) groups is 1. The van der Waals surface area contributed by atoms with Crippen LogP contribution in [0.25, 0.3) is 0 Å². The summed E-state index contributed by atoms with van der Waals surface area (Å²) < 4.78 is 44.9. The molecule has 0 radical (unpaired) electrons. The molecule has 142 valence electrons. The fraction of sp³-hybridized carbons (Fsp3) is 0.412. The highest BCUT2D eigenvalue weighted by molar-refractivity contribution is 7.99. The number of alkyl halides is 3. The number of allylic oxidation sites excluding steroid dienone is 1. The molecule has 2 rings (SSSR count). The van der Waals surface area contributed by atoms with E-state index in [-0.39, 0.29) is 29.6 Å². The molecule has 2 atom stereocenters. The van der Waals surface area contributed by atoms with E-state index in [2.05, 4.69) is 9.47 Å². The minimum atomic E-state index is -4.74. The molecule has 1 aliphatic rings. The van der Waals surface area contributed by atoms with Crippen molar-refractivity contribution in [1.29, 1.82) is 0 Å². The molecule has 0 aliphatic heterocycles. The fourth-order valence-electron chi connectivity index (χ4n) is 2.71. The Morgan fingerprint density at radius 3 is 2.54 bits per heavy atom. The summed E-state index contributed by atoms with van der Waals surface area (Å²) in [5.41, 5.74) is 0. The number of carbonyl (C=O) groups is 2. The summed E-state index contributed by atoms with van der Waals surface area (Å²) in [6, 6.07) is 5.41. The topological polar surface area (TPSA) is 72.8 Å². The number of hydrogen-bond acceptors (Lipinski definition) is 6. The Labute approximate surface area is 152 Å². The van der Waals surface area contributed by atoms with Crippen molar-refractivity contribution in [1.82, 2.24) is 0 Å². The molecule has 0 spiro atoms. The van der Waals surface area contributed by atoms with Crippen LogP contribution in [0.15, 0.2) is 41.0 Å². The Kier molecular flexibility index (Phi) is 6.57. The van der Waals surface area contributed by atoms with Gasteiger partial charge in [-0.1, -0.05) is 0 Å². The third kappa shape index (κ3) is 5.69. The molecule has 0 aromatic heterocycles. The molecule has 1 aliphatic carbocycles. The first-order valence-corrected chi connectivity index (χ1v) is 8.68. The van der Waals surface area contributed by atoms with Crippen molar-refractivity contribution in [3.63, 3.8) is 0 Å². The SMILES string of the molecule is COC(=O)C1C(O)=CC(=O)CC1CCSc1ccc(OC(F)(F)F)cc1. The lowest BCUT2D eigenvalue weighted by atomic mass is 9.80. The molecule has 0 saturated carbocycles. The molecular formula is C17H17F3O5S. The van der Waals surface area contributed by atoms with E-state index < -0.39 is 18.2 Å². The van der Waals surface area contributed by atoms with Gasteiger partial charge in [-0.25, -0.2) is 0 Å². The Balaban J connectivity index is 1.92. The van der Waals surface area contributed by atoms with Crippen molar-refractivity contribution in [2.75, 3.05) is 12.9 Å². The number of hydrogen-bond donors (Lipinski definition) is 1. The Hall–Kier alpha value is -2.16. The van der Waals surface area contributed by atoms with Crippen LogP contribution in [0.2, 0.25) is 0 Å². The molecule has 0 heterocycles. The highest BCUT2D eigenvalue weighted by Gasteiger charge is 2.37. The third-order valence-corrected chi connectivity index (χ3v) is 4.88. The zero-order chi connectivity index (χ0) is 19.3. The minimum absolute atomic E-state index is 0.128. The molecule has 1 aromatic rings. The van der Waals surface area contributed by atoms with Gasteiger partial charge in [-0.3, -0.25) is 9.59 Å². The van der Waals surface area contributed by atoms with Gasteiger partial charge in [0.2, 0.25) is 0 Å². The van der Waals surface area contributed by atoms with Crippen LogP contribution >= 0.6 is 11.8 Å². The van der Waals surface area contributed by atoms with Crippen LogP contribution in [-0.2, 0) is 14.3 Å². The summed E-state index contributed by atoms with van der Waals surface area (Å²) in [5.74, 6) is -2.21. The van der Waals surface area contributed by atoms with Crippen molar-refractivity contribution in [3.05, 3.63) is 36.1 Å². The number of aliphatic hydroxyl groups excluding tert-OH is 1. The lowest BCUT2D eigenvalue weighted by Crippen LogP contribution is -2.32. The molecule has 0 amide bonds. The van der Waals surface area contributed by atoms with Crippen LogP contribution in [0.1, 0.15) is 12.8 Å². The monoisotopic (exact) mass is 390 g/mol. The molecule has 26 heavy (non-hydrogen) atoms. The fourth-order valence-corrected chi connectivity index (χ4v) is 3.69. The Bertz CT molecular complexity index is 685. The van der Waals surface area contributed by atoms with E-state index in [0.29, 0.717) is 12.2 Å². The number of ether oxygens (including phenoxy) is 2. The maximum Gasteiger partial charge on any atom is 0.573 e. The van der Waals surface area contributed by atoms with E-state index in [1.54, 1.807) is 0 Å². The second-order valence-electron chi connectivity index (χ2n) is 5.66. The van der Waals surface area contributed by atoms with E-state index >= 15 is 0 Å². The van der Waals surface area contributed by atoms with Gasteiger partial charge < -0.3 is 14.6 Å². The highest BCUT2D eigenvalue weighted by atomic mass is 32.2. The van der Waals surface area contributed by atoms with Crippen LogP contribution < -0.4 is 4.74 Å². The van der Waals surface area contributed by atoms with Gasteiger partial charge in [-0.05, 0) is 42.4 Å². The zero-order valence-electron chi connectivity index (χ0n) is 13.8. The molecule has 0 fully saturated rings. The van der Waals surface area contributed by atoms with Crippen molar-refractivity contribution < 1.29 is 37.3 Å². The Morgan fingerprint density at radius 2 is 1.96 bits per heavy atom. The average molecular weight is 390 g/mol. The lowest BCUT2D eigenvalue weighted by Gasteiger charge is -2.27. The van der Waals surface area contributed by atoms with Crippen molar-refractivity contribution in [2.45, 2.75) is 24.1 Å². The van der Waals surface area contributed by atoms with Crippen molar-refractivity contribution in [3.8, 4) is 5.75 Å². The summed E-state index contributed by atoms with van der Waals surface area (Å²) >= 11 is 1.36. The van der Waals surface area contributed by atoms with Gasteiger partial charge in [0, 0.05) is 17.4 Å². The smallest absolute Gasteiger partial charge is 0.511 e. The molecular weight excluding hydrogens is 373 g/mol. The van der Waals surface area contributed by atoms with Gasteiger partial charge in [0.1, 0.15) is 17.4 Å². The Morgan fingerprint density at radius 1 is 1.31 bits per heavy atom. The van der Waals surface area contributed by atoms with Gasteiger partial charge in [0.05, 0.1) is 7.11 Å². The van der Waals surface area contributed by atoms with E-state index in [1.165, 1.54) is 43.1 Å². The first kappa shape index (κ1) is 20.2. The van der Waals surface area contributed by atoms with Crippen LogP contribution in [0.4, 0.5) is 13.2 Å². The first-order valence-electron chi connectivity index (χ1n) is 7.69. The number of carbonyl (C=O) groups excluding carboxylic acids is 2. The number of ketones is 1. The number of esters is 1. The lowest BCUT2D eigenvalue weighted by molar-refractivity contribution is -0.274. The predicted octanol–water partition coefficient (Wildman–Crippen LogP) is 3.89. The van der Waals surface area contributed by atoms with Crippen molar-refractivity contribution >= 4 is 23.5 Å². The molecule has 0 bridgehead atoms. The largest absolute Gasteiger partial charge is 0.573 e. The normalized spacial score (nSPS) is 20.5. The standard InChI is InChI=1S/C17H17F3O5S/c1-24-16(23)15-10(8-11(21)9-14(15)22)6-7-26-13-4-2-12(3-5-13)25-17(18,19)20/h2-5,9-10,15,22H,6-8H2,1H3. The number of aliphatic hydroxyl groups is 1. The summed E-state index contributed by atoms with van der Waals surface area (Å²) in [6.07, 6.45) is -3.11. The van der Waals surface area contributed by atoms with Crippen LogP contribution in [0.3, 0.4) is 0 Å². The van der Waals surface area contributed by atoms with E-state index in [9.17, 15) is 27.9 Å². The first-order chi connectivity index (χ1) is 12.2.